The molecule has 0 saturated carbocycles. The molecule has 1 aliphatic heterocycles. The number of carbonyl (C=O) groups is 1. The van der Waals surface area contributed by atoms with E-state index >= 15 is 0 Å². The monoisotopic (exact) mass is 380 g/mol. The van der Waals surface area contributed by atoms with Crippen LogP contribution in [-0.2, 0) is 21.2 Å². The van der Waals surface area contributed by atoms with E-state index in [9.17, 15) is 13.2 Å². The Hall–Kier alpha value is -1.84. The van der Waals surface area contributed by atoms with Gasteiger partial charge in [0.05, 0.1) is 4.90 Å². The van der Waals surface area contributed by atoms with Crippen molar-refractivity contribution < 1.29 is 13.2 Å². The Morgan fingerprint density at radius 1 is 1.20 bits per heavy atom. The molecular weight excluding hydrogens is 360 g/mol. The van der Waals surface area contributed by atoms with E-state index in [1.54, 1.807) is 24.3 Å². The first-order valence-corrected chi connectivity index (χ1v) is 10.4. The summed E-state index contributed by atoms with van der Waals surface area (Å²) in [6, 6.07) is 6.78. The number of amides is 1. The van der Waals surface area contributed by atoms with Crippen molar-refractivity contribution in [3.8, 4) is 0 Å². The fourth-order valence-corrected chi connectivity index (χ4v) is 4.82. The van der Waals surface area contributed by atoms with Crippen molar-refractivity contribution in [2.75, 3.05) is 18.4 Å². The van der Waals surface area contributed by atoms with Gasteiger partial charge in [0.15, 0.2) is 0 Å². The Bertz CT molecular complexity index is 841. The third-order valence-electron chi connectivity index (χ3n) is 4.04. The Morgan fingerprint density at radius 2 is 1.88 bits per heavy atom. The van der Waals surface area contributed by atoms with Crippen molar-refractivity contribution in [3.63, 3.8) is 0 Å². The summed E-state index contributed by atoms with van der Waals surface area (Å²) in [6.45, 7) is 3.01. The number of anilines is 1. The zero-order valence-electron chi connectivity index (χ0n) is 13.9. The van der Waals surface area contributed by atoms with Gasteiger partial charge in [0.1, 0.15) is 5.01 Å². The zero-order valence-corrected chi connectivity index (χ0v) is 15.6. The van der Waals surface area contributed by atoms with E-state index in [1.807, 2.05) is 6.92 Å². The molecule has 1 amide bonds. The minimum Gasteiger partial charge on any atom is -0.301 e. The van der Waals surface area contributed by atoms with Gasteiger partial charge >= 0.3 is 0 Å². The summed E-state index contributed by atoms with van der Waals surface area (Å²) in [5.41, 5.74) is 0.920. The fourth-order valence-electron chi connectivity index (χ4n) is 2.69. The van der Waals surface area contributed by atoms with Gasteiger partial charge in [-0.15, -0.1) is 10.2 Å². The molecule has 1 fully saturated rings. The number of nitrogens with zero attached hydrogens (tertiary/aromatic N) is 3. The number of rotatable bonds is 6. The van der Waals surface area contributed by atoms with Crippen LogP contribution in [0, 0.1) is 6.92 Å². The summed E-state index contributed by atoms with van der Waals surface area (Å²) >= 11 is 1.33. The molecule has 25 heavy (non-hydrogen) atoms. The van der Waals surface area contributed by atoms with Crippen molar-refractivity contribution in [3.05, 3.63) is 34.8 Å². The van der Waals surface area contributed by atoms with Gasteiger partial charge in [0, 0.05) is 19.5 Å². The van der Waals surface area contributed by atoms with Gasteiger partial charge in [-0.3, -0.25) is 4.79 Å². The highest BCUT2D eigenvalue weighted by Gasteiger charge is 2.26. The average molecular weight is 380 g/mol. The lowest BCUT2D eigenvalue weighted by atomic mass is 10.1. The molecule has 134 valence electrons. The van der Waals surface area contributed by atoms with E-state index < -0.39 is 10.0 Å². The van der Waals surface area contributed by atoms with E-state index in [-0.39, 0.29) is 5.91 Å². The van der Waals surface area contributed by atoms with Crippen LogP contribution in [0.2, 0.25) is 0 Å². The molecule has 0 aliphatic carbocycles. The molecule has 2 heterocycles. The van der Waals surface area contributed by atoms with E-state index in [0.29, 0.717) is 36.0 Å². The van der Waals surface area contributed by atoms with E-state index in [4.69, 9.17) is 0 Å². The molecule has 0 unspecified atom stereocenters. The highest BCUT2D eigenvalue weighted by Crippen LogP contribution is 2.21. The number of benzene rings is 1. The zero-order chi connectivity index (χ0) is 17.9. The molecule has 1 aromatic carbocycles. The second-order valence-corrected chi connectivity index (χ2v) is 9.05. The van der Waals surface area contributed by atoms with Crippen molar-refractivity contribution in [1.29, 1.82) is 0 Å². The van der Waals surface area contributed by atoms with Gasteiger partial charge in [-0.05, 0) is 43.9 Å². The summed E-state index contributed by atoms with van der Waals surface area (Å²) in [5.74, 6) is -0.134. The minimum absolute atomic E-state index is 0.134. The van der Waals surface area contributed by atoms with Gasteiger partial charge in [-0.2, -0.15) is 4.31 Å². The predicted molar refractivity (Wildman–Crippen MR) is 96.0 cm³/mol. The quantitative estimate of drug-likeness (QED) is 0.829. The van der Waals surface area contributed by atoms with Crippen LogP contribution in [0.4, 0.5) is 5.13 Å². The van der Waals surface area contributed by atoms with E-state index in [1.165, 1.54) is 15.6 Å². The van der Waals surface area contributed by atoms with Crippen LogP contribution in [0.15, 0.2) is 29.2 Å². The molecule has 1 aromatic heterocycles. The fraction of sp³-hybridized carbons (Fsp3) is 0.438. The average Bonchev–Trinajstić information content (AvgIpc) is 3.26. The van der Waals surface area contributed by atoms with Crippen LogP contribution >= 0.6 is 11.3 Å². The van der Waals surface area contributed by atoms with Crippen molar-refractivity contribution in [2.24, 2.45) is 0 Å². The van der Waals surface area contributed by atoms with Crippen LogP contribution in [0.3, 0.4) is 0 Å². The summed E-state index contributed by atoms with van der Waals surface area (Å²) in [4.78, 5) is 12.2. The summed E-state index contributed by atoms with van der Waals surface area (Å²) in [5, 5.41) is 11.7. The van der Waals surface area contributed by atoms with Crippen molar-refractivity contribution in [1.82, 2.24) is 14.5 Å². The molecule has 2 aromatic rings. The number of nitrogens with one attached hydrogen (secondary N) is 1. The topological polar surface area (TPSA) is 92.3 Å². The molecule has 9 heteroatoms. The molecule has 1 N–H and O–H groups in total. The molecule has 0 spiro atoms. The maximum Gasteiger partial charge on any atom is 0.243 e. The Morgan fingerprint density at radius 3 is 2.48 bits per heavy atom. The van der Waals surface area contributed by atoms with Crippen molar-refractivity contribution >= 4 is 32.4 Å². The lowest BCUT2D eigenvalue weighted by molar-refractivity contribution is -0.116. The van der Waals surface area contributed by atoms with Crippen LogP contribution in [-0.4, -0.2) is 41.9 Å². The number of aryl methyl sites for hydroxylation is 2. The van der Waals surface area contributed by atoms with Crippen LogP contribution in [0.1, 0.15) is 29.8 Å². The number of carbonyl (C=O) groups excluding carboxylic acids is 1. The largest absolute Gasteiger partial charge is 0.301 e. The maximum absolute atomic E-state index is 12.5. The first-order valence-electron chi connectivity index (χ1n) is 8.14. The summed E-state index contributed by atoms with van der Waals surface area (Å²) in [7, 11) is -3.38. The third kappa shape index (κ3) is 4.42. The highest BCUT2D eigenvalue weighted by atomic mass is 32.2. The first-order chi connectivity index (χ1) is 11.9. The van der Waals surface area contributed by atoms with Crippen LogP contribution in [0.5, 0.6) is 0 Å². The third-order valence-corrected chi connectivity index (χ3v) is 6.71. The predicted octanol–water partition coefficient (Wildman–Crippen LogP) is 2.20. The second kappa shape index (κ2) is 7.59. The van der Waals surface area contributed by atoms with Gasteiger partial charge in [-0.1, -0.05) is 23.5 Å². The highest BCUT2D eigenvalue weighted by molar-refractivity contribution is 7.89. The van der Waals surface area contributed by atoms with E-state index in [2.05, 4.69) is 15.5 Å². The number of aromatic nitrogens is 2. The van der Waals surface area contributed by atoms with Gasteiger partial charge < -0.3 is 5.32 Å². The standard InChI is InChI=1S/C16H20N4O3S2/c1-12-18-19-16(24-12)17-15(21)9-6-13-4-7-14(8-5-13)25(22,23)20-10-2-3-11-20/h4-5,7-8H,2-3,6,9-11H2,1H3,(H,17,19,21). The van der Waals surface area contributed by atoms with Crippen molar-refractivity contribution in [2.45, 2.75) is 37.5 Å². The van der Waals surface area contributed by atoms with Gasteiger partial charge in [0.2, 0.25) is 21.1 Å². The maximum atomic E-state index is 12.5. The lowest BCUT2D eigenvalue weighted by Crippen LogP contribution is -2.27. The Balaban J connectivity index is 1.56. The summed E-state index contributed by atoms with van der Waals surface area (Å²) < 4.78 is 26.5. The van der Waals surface area contributed by atoms with Gasteiger partial charge in [0.25, 0.3) is 0 Å². The Kier molecular flexibility index (Phi) is 5.45. The number of hydrogen-bond acceptors (Lipinski definition) is 6. The minimum atomic E-state index is -3.38. The second-order valence-electron chi connectivity index (χ2n) is 5.93. The summed E-state index contributed by atoms with van der Waals surface area (Å²) in [6.07, 6.45) is 2.67. The first kappa shape index (κ1) is 18.0. The smallest absolute Gasteiger partial charge is 0.243 e. The molecule has 0 bridgehead atoms. The number of hydrogen-bond donors (Lipinski definition) is 1. The molecular formula is C16H20N4O3S2. The van der Waals surface area contributed by atoms with E-state index in [0.717, 1.165) is 23.4 Å². The van der Waals surface area contributed by atoms with Crippen LogP contribution in [0.25, 0.3) is 0 Å². The Labute approximate surface area is 151 Å². The molecule has 1 aliphatic rings. The molecule has 1 saturated heterocycles. The number of sulfonamides is 1. The lowest BCUT2D eigenvalue weighted by Gasteiger charge is -2.15. The molecule has 7 nitrogen and oxygen atoms in total. The molecule has 0 radical (unpaired) electrons. The SMILES string of the molecule is Cc1nnc(NC(=O)CCc2ccc(S(=O)(=O)N3CCCC3)cc2)s1. The molecule has 0 atom stereocenters. The van der Waals surface area contributed by atoms with Crippen LogP contribution < -0.4 is 5.32 Å². The van der Waals surface area contributed by atoms with Gasteiger partial charge in [-0.25, -0.2) is 8.42 Å². The molecule has 3 rings (SSSR count). The normalized spacial score (nSPS) is 15.4.